The highest BCUT2D eigenvalue weighted by molar-refractivity contribution is 6.42. The zero-order valence-electron chi connectivity index (χ0n) is 12.1. The molecule has 0 bridgehead atoms. The van der Waals surface area contributed by atoms with Gasteiger partial charge in [0.15, 0.2) is 5.75 Å². The number of aryl methyl sites for hydroxylation is 1. The molecule has 1 aromatic carbocycles. The van der Waals surface area contributed by atoms with Crippen molar-refractivity contribution in [3.63, 3.8) is 0 Å². The second-order valence-electron chi connectivity index (χ2n) is 4.55. The number of ether oxygens (including phenoxy) is 1. The standard InChI is InChI=1S/C15H18Cl2N2O2/c1-3-13-15(14(4-2)19(18-13)7-8-20)21-10-5-6-11(16)12(17)9-10/h5-6,9,20H,3-4,7-8H2,1-2H3. The number of rotatable bonds is 6. The molecule has 0 spiro atoms. The maximum atomic E-state index is 9.14. The van der Waals surface area contributed by atoms with Gasteiger partial charge in [-0.05, 0) is 25.0 Å². The van der Waals surface area contributed by atoms with Gasteiger partial charge in [-0.25, -0.2) is 0 Å². The van der Waals surface area contributed by atoms with Crippen molar-refractivity contribution in [2.45, 2.75) is 33.2 Å². The molecule has 0 saturated heterocycles. The second-order valence-corrected chi connectivity index (χ2v) is 5.37. The van der Waals surface area contributed by atoms with E-state index in [0.29, 0.717) is 22.3 Å². The molecule has 2 rings (SSSR count). The number of benzene rings is 1. The summed E-state index contributed by atoms with van der Waals surface area (Å²) in [7, 11) is 0. The lowest BCUT2D eigenvalue weighted by Gasteiger charge is -2.09. The van der Waals surface area contributed by atoms with Crippen molar-refractivity contribution < 1.29 is 9.84 Å². The Bertz CT molecular complexity index is 626. The van der Waals surface area contributed by atoms with Crippen LogP contribution in [0.25, 0.3) is 0 Å². The Kier molecular flexibility index (Phi) is 5.51. The van der Waals surface area contributed by atoms with Gasteiger partial charge in [-0.15, -0.1) is 0 Å². The highest BCUT2D eigenvalue weighted by atomic mass is 35.5. The molecular formula is C15H18Cl2N2O2. The number of aromatic nitrogens is 2. The average Bonchev–Trinajstić information content (AvgIpc) is 2.80. The Labute approximate surface area is 134 Å². The second kappa shape index (κ2) is 7.16. The lowest BCUT2D eigenvalue weighted by molar-refractivity contribution is 0.267. The molecule has 114 valence electrons. The first-order chi connectivity index (χ1) is 10.1. The summed E-state index contributed by atoms with van der Waals surface area (Å²) in [5.41, 5.74) is 1.83. The smallest absolute Gasteiger partial charge is 0.171 e. The van der Waals surface area contributed by atoms with Crippen LogP contribution in [-0.4, -0.2) is 21.5 Å². The highest BCUT2D eigenvalue weighted by Gasteiger charge is 2.17. The first-order valence-corrected chi connectivity index (χ1v) is 7.68. The third kappa shape index (κ3) is 3.51. The first-order valence-electron chi connectivity index (χ1n) is 6.93. The Hall–Kier alpha value is -1.23. The van der Waals surface area contributed by atoms with Crippen molar-refractivity contribution in [2.24, 2.45) is 0 Å². The lowest BCUT2D eigenvalue weighted by atomic mass is 10.2. The Morgan fingerprint density at radius 2 is 1.95 bits per heavy atom. The molecule has 0 atom stereocenters. The summed E-state index contributed by atoms with van der Waals surface area (Å²) in [6.45, 7) is 4.56. The van der Waals surface area contributed by atoms with Crippen LogP contribution in [0.2, 0.25) is 10.0 Å². The number of nitrogens with zero attached hydrogens (tertiary/aromatic N) is 2. The van der Waals surface area contributed by atoms with Gasteiger partial charge in [0.25, 0.3) is 0 Å². The largest absolute Gasteiger partial charge is 0.453 e. The quantitative estimate of drug-likeness (QED) is 0.868. The zero-order valence-corrected chi connectivity index (χ0v) is 13.6. The molecule has 0 fully saturated rings. The molecule has 0 aliphatic rings. The van der Waals surface area contributed by atoms with Crippen LogP contribution in [0, 0.1) is 0 Å². The molecule has 0 saturated carbocycles. The summed E-state index contributed by atoms with van der Waals surface area (Å²) >= 11 is 11.9. The summed E-state index contributed by atoms with van der Waals surface area (Å²) in [5, 5.41) is 14.6. The van der Waals surface area contributed by atoms with Gasteiger partial charge >= 0.3 is 0 Å². The summed E-state index contributed by atoms with van der Waals surface area (Å²) in [4.78, 5) is 0. The van der Waals surface area contributed by atoms with E-state index in [2.05, 4.69) is 5.10 Å². The third-order valence-corrected chi connectivity index (χ3v) is 3.91. The predicted molar refractivity (Wildman–Crippen MR) is 84.6 cm³/mol. The fraction of sp³-hybridized carbons (Fsp3) is 0.400. The van der Waals surface area contributed by atoms with Crippen molar-refractivity contribution >= 4 is 23.2 Å². The SMILES string of the molecule is CCc1nn(CCO)c(CC)c1Oc1ccc(Cl)c(Cl)c1. The van der Waals surface area contributed by atoms with Crippen LogP contribution in [0.5, 0.6) is 11.5 Å². The van der Waals surface area contributed by atoms with Crippen LogP contribution in [0.1, 0.15) is 25.2 Å². The Morgan fingerprint density at radius 1 is 1.19 bits per heavy atom. The van der Waals surface area contributed by atoms with Crippen LogP contribution in [-0.2, 0) is 19.4 Å². The first kappa shape index (κ1) is 16.1. The minimum atomic E-state index is 0.0457. The lowest BCUT2D eigenvalue weighted by Crippen LogP contribution is -2.07. The van der Waals surface area contributed by atoms with Crippen LogP contribution < -0.4 is 4.74 Å². The molecule has 2 aromatic rings. The molecule has 1 aromatic heterocycles. The molecule has 6 heteroatoms. The fourth-order valence-electron chi connectivity index (χ4n) is 2.17. The number of hydrogen-bond donors (Lipinski definition) is 1. The van der Waals surface area contributed by atoms with Gasteiger partial charge in [0.05, 0.1) is 28.9 Å². The Balaban J connectivity index is 2.39. The average molecular weight is 329 g/mol. The van der Waals surface area contributed by atoms with E-state index >= 15 is 0 Å². The molecule has 21 heavy (non-hydrogen) atoms. The van der Waals surface area contributed by atoms with E-state index in [1.807, 2.05) is 13.8 Å². The summed E-state index contributed by atoms with van der Waals surface area (Å²) in [6.07, 6.45) is 1.52. The zero-order chi connectivity index (χ0) is 15.4. The van der Waals surface area contributed by atoms with Crippen molar-refractivity contribution in [3.05, 3.63) is 39.6 Å². The monoisotopic (exact) mass is 328 g/mol. The molecule has 0 aliphatic heterocycles. The maximum Gasteiger partial charge on any atom is 0.171 e. The van der Waals surface area contributed by atoms with Gasteiger partial charge in [-0.2, -0.15) is 5.10 Å². The predicted octanol–water partition coefficient (Wildman–Crippen LogP) is 4.10. The molecule has 1 N–H and O–H groups in total. The van der Waals surface area contributed by atoms with Crippen LogP contribution in [0.15, 0.2) is 18.2 Å². The van der Waals surface area contributed by atoms with Gasteiger partial charge in [-0.3, -0.25) is 4.68 Å². The number of aliphatic hydroxyl groups excluding tert-OH is 1. The Morgan fingerprint density at radius 3 is 2.52 bits per heavy atom. The van der Waals surface area contributed by atoms with Gasteiger partial charge in [0.1, 0.15) is 11.4 Å². The van der Waals surface area contributed by atoms with E-state index in [9.17, 15) is 0 Å². The van der Waals surface area contributed by atoms with Gasteiger partial charge in [0, 0.05) is 6.07 Å². The van der Waals surface area contributed by atoms with Crippen molar-refractivity contribution in [3.8, 4) is 11.5 Å². The number of halogens is 2. The molecule has 1 heterocycles. The minimum absolute atomic E-state index is 0.0457. The van der Waals surface area contributed by atoms with Crippen LogP contribution in [0.3, 0.4) is 0 Å². The minimum Gasteiger partial charge on any atom is -0.453 e. The topological polar surface area (TPSA) is 47.3 Å². The van der Waals surface area contributed by atoms with Crippen molar-refractivity contribution in [1.82, 2.24) is 9.78 Å². The van der Waals surface area contributed by atoms with E-state index in [4.69, 9.17) is 33.0 Å². The molecular weight excluding hydrogens is 311 g/mol. The molecule has 0 radical (unpaired) electrons. The van der Waals surface area contributed by atoms with Crippen LogP contribution in [0.4, 0.5) is 0 Å². The maximum absolute atomic E-state index is 9.14. The van der Waals surface area contributed by atoms with Crippen LogP contribution >= 0.6 is 23.2 Å². The van der Waals surface area contributed by atoms with E-state index < -0.39 is 0 Å². The van der Waals surface area contributed by atoms with Crippen molar-refractivity contribution in [1.29, 1.82) is 0 Å². The highest BCUT2D eigenvalue weighted by Crippen LogP contribution is 2.33. The van der Waals surface area contributed by atoms with E-state index in [1.54, 1.807) is 22.9 Å². The summed E-state index contributed by atoms with van der Waals surface area (Å²) in [5.74, 6) is 1.36. The third-order valence-electron chi connectivity index (χ3n) is 3.17. The van der Waals surface area contributed by atoms with E-state index in [0.717, 1.165) is 30.0 Å². The van der Waals surface area contributed by atoms with Gasteiger partial charge in [-0.1, -0.05) is 37.0 Å². The van der Waals surface area contributed by atoms with E-state index in [-0.39, 0.29) is 6.61 Å². The van der Waals surface area contributed by atoms with Gasteiger partial charge < -0.3 is 9.84 Å². The normalized spacial score (nSPS) is 10.9. The number of aliphatic hydroxyl groups is 1. The van der Waals surface area contributed by atoms with E-state index in [1.165, 1.54) is 0 Å². The summed E-state index contributed by atoms with van der Waals surface area (Å²) < 4.78 is 7.77. The summed E-state index contributed by atoms with van der Waals surface area (Å²) in [6, 6.07) is 5.16. The molecule has 0 unspecified atom stereocenters. The molecule has 4 nitrogen and oxygen atoms in total. The molecule has 0 aliphatic carbocycles. The van der Waals surface area contributed by atoms with Gasteiger partial charge in [0.2, 0.25) is 0 Å². The molecule has 0 amide bonds. The number of hydrogen-bond acceptors (Lipinski definition) is 3. The van der Waals surface area contributed by atoms with Crippen molar-refractivity contribution in [2.75, 3.05) is 6.61 Å². The fourth-order valence-corrected chi connectivity index (χ4v) is 2.45.